The van der Waals surface area contributed by atoms with Crippen LogP contribution in [0.4, 0.5) is 5.69 Å². The molecule has 1 amide bonds. The van der Waals surface area contributed by atoms with Crippen molar-refractivity contribution in [3.63, 3.8) is 0 Å². The Morgan fingerprint density at radius 3 is 2.22 bits per heavy atom. The lowest BCUT2D eigenvalue weighted by Gasteiger charge is -2.21. The number of nitrogens with zero attached hydrogens (tertiary/aromatic N) is 1. The maximum Gasteiger partial charge on any atom is 0.338 e. The summed E-state index contributed by atoms with van der Waals surface area (Å²) >= 11 is 0. The van der Waals surface area contributed by atoms with Gasteiger partial charge in [-0.3, -0.25) is 4.79 Å². The number of nitrogens with one attached hydrogen (secondary N) is 1. The molecule has 0 heterocycles. The van der Waals surface area contributed by atoms with Crippen molar-refractivity contribution in [2.75, 3.05) is 24.6 Å². The largest absolute Gasteiger partial charge is 0.462 e. The van der Waals surface area contributed by atoms with Crippen molar-refractivity contribution >= 4 is 27.6 Å². The molecule has 0 radical (unpaired) electrons. The number of amides is 1. The fourth-order valence-electron chi connectivity index (χ4n) is 2.44. The van der Waals surface area contributed by atoms with E-state index >= 15 is 0 Å². The summed E-state index contributed by atoms with van der Waals surface area (Å²) in [4.78, 5) is 25.2. The Bertz CT molecular complexity index is 880. The molecule has 0 aliphatic rings. The first-order chi connectivity index (χ1) is 12.8. The van der Waals surface area contributed by atoms with E-state index in [0.717, 1.165) is 0 Å². The minimum atomic E-state index is -3.64. The number of ether oxygens (including phenoxy) is 1. The van der Waals surface area contributed by atoms with Crippen LogP contribution in [0.3, 0.4) is 0 Å². The quantitative estimate of drug-likeness (QED) is 0.698. The van der Waals surface area contributed by atoms with E-state index in [1.165, 1.54) is 24.0 Å². The maximum absolute atomic E-state index is 12.2. The highest BCUT2D eigenvalue weighted by atomic mass is 32.2. The first-order valence-corrected chi connectivity index (χ1v) is 9.93. The average molecular weight is 390 g/mol. The fourth-order valence-corrected chi connectivity index (χ4v) is 3.48. The van der Waals surface area contributed by atoms with E-state index in [9.17, 15) is 18.0 Å². The van der Waals surface area contributed by atoms with Crippen LogP contribution in [0.2, 0.25) is 0 Å². The van der Waals surface area contributed by atoms with Crippen LogP contribution in [-0.4, -0.2) is 40.0 Å². The van der Waals surface area contributed by atoms with Gasteiger partial charge in [-0.05, 0) is 43.3 Å². The zero-order chi connectivity index (χ0) is 19.9. The summed E-state index contributed by atoms with van der Waals surface area (Å²) in [6.45, 7) is 3.60. The van der Waals surface area contributed by atoms with Gasteiger partial charge < -0.3 is 9.64 Å². The van der Waals surface area contributed by atoms with Crippen molar-refractivity contribution in [2.45, 2.75) is 18.7 Å². The van der Waals surface area contributed by atoms with Crippen molar-refractivity contribution in [3.8, 4) is 0 Å². The van der Waals surface area contributed by atoms with Crippen LogP contribution in [0.5, 0.6) is 0 Å². The molecule has 7 nitrogen and oxygen atoms in total. The van der Waals surface area contributed by atoms with E-state index in [1.54, 1.807) is 49.4 Å². The van der Waals surface area contributed by atoms with Crippen molar-refractivity contribution in [3.05, 3.63) is 60.2 Å². The predicted molar refractivity (Wildman–Crippen MR) is 102 cm³/mol. The third kappa shape index (κ3) is 5.63. The molecule has 8 heteroatoms. The monoisotopic (exact) mass is 390 g/mol. The zero-order valence-electron chi connectivity index (χ0n) is 15.2. The molecular weight excluding hydrogens is 368 g/mol. The van der Waals surface area contributed by atoms with Gasteiger partial charge >= 0.3 is 5.97 Å². The zero-order valence-corrected chi connectivity index (χ0v) is 16.0. The summed E-state index contributed by atoms with van der Waals surface area (Å²) in [5.74, 6) is -0.674. The second kappa shape index (κ2) is 9.29. The smallest absolute Gasteiger partial charge is 0.338 e. The minimum absolute atomic E-state index is 0.0520. The second-order valence-electron chi connectivity index (χ2n) is 5.65. The summed E-state index contributed by atoms with van der Waals surface area (Å²) in [5, 5.41) is 0. The Labute approximate surface area is 159 Å². The molecule has 1 N–H and O–H groups in total. The lowest BCUT2D eigenvalue weighted by molar-refractivity contribution is -0.116. The number of anilines is 1. The van der Waals surface area contributed by atoms with Gasteiger partial charge in [0, 0.05) is 25.7 Å². The Kier molecular flexibility index (Phi) is 7.09. The van der Waals surface area contributed by atoms with Gasteiger partial charge in [0.25, 0.3) is 0 Å². The van der Waals surface area contributed by atoms with Crippen LogP contribution < -0.4 is 9.62 Å². The maximum atomic E-state index is 12.2. The summed E-state index contributed by atoms with van der Waals surface area (Å²) in [6.07, 6.45) is 0. The number of carbonyl (C=O) groups is 2. The number of sulfonamides is 1. The third-order valence-corrected chi connectivity index (χ3v) is 5.23. The van der Waals surface area contributed by atoms with Gasteiger partial charge in [0.15, 0.2) is 0 Å². The minimum Gasteiger partial charge on any atom is -0.462 e. The highest BCUT2D eigenvalue weighted by Crippen LogP contribution is 2.16. The van der Waals surface area contributed by atoms with E-state index in [2.05, 4.69) is 4.72 Å². The van der Waals surface area contributed by atoms with E-state index in [0.29, 0.717) is 11.3 Å². The van der Waals surface area contributed by atoms with E-state index in [-0.39, 0.29) is 30.5 Å². The lowest BCUT2D eigenvalue weighted by Crippen LogP contribution is -2.37. The average Bonchev–Trinajstić information content (AvgIpc) is 2.66. The van der Waals surface area contributed by atoms with E-state index < -0.39 is 16.0 Å². The number of benzene rings is 2. The van der Waals surface area contributed by atoms with E-state index in [4.69, 9.17) is 4.74 Å². The molecule has 0 unspecified atom stereocenters. The molecule has 2 rings (SSSR count). The first-order valence-electron chi connectivity index (χ1n) is 8.45. The molecule has 2 aromatic rings. The summed E-state index contributed by atoms with van der Waals surface area (Å²) in [7, 11) is -3.64. The Balaban J connectivity index is 2.04. The van der Waals surface area contributed by atoms with Crippen molar-refractivity contribution in [2.24, 2.45) is 0 Å². The van der Waals surface area contributed by atoms with Crippen molar-refractivity contribution in [1.82, 2.24) is 4.72 Å². The lowest BCUT2D eigenvalue weighted by atomic mass is 10.2. The number of esters is 1. The van der Waals surface area contributed by atoms with Crippen LogP contribution >= 0.6 is 0 Å². The van der Waals surface area contributed by atoms with Gasteiger partial charge in [0.1, 0.15) is 0 Å². The number of hydrogen-bond acceptors (Lipinski definition) is 5. The number of rotatable bonds is 8. The third-order valence-electron chi connectivity index (χ3n) is 3.75. The Hall–Kier alpha value is -2.71. The van der Waals surface area contributed by atoms with E-state index in [1.807, 2.05) is 0 Å². The van der Waals surface area contributed by atoms with Crippen molar-refractivity contribution in [1.29, 1.82) is 0 Å². The van der Waals surface area contributed by atoms with Crippen molar-refractivity contribution < 1.29 is 22.7 Å². The molecule has 0 aromatic heterocycles. The summed E-state index contributed by atoms with van der Waals surface area (Å²) in [6, 6.07) is 14.4. The Morgan fingerprint density at radius 1 is 1.04 bits per heavy atom. The predicted octanol–water partition coefficient (Wildman–Crippen LogP) is 2.19. The molecule has 2 aromatic carbocycles. The second-order valence-corrected chi connectivity index (χ2v) is 7.42. The highest BCUT2D eigenvalue weighted by Gasteiger charge is 2.16. The molecule has 144 valence electrons. The normalized spacial score (nSPS) is 11.0. The molecule has 0 aliphatic carbocycles. The molecule has 0 spiro atoms. The van der Waals surface area contributed by atoms with Gasteiger partial charge in [-0.15, -0.1) is 0 Å². The molecule has 0 fully saturated rings. The summed E-state index contributed by atoms with van der Waals surface area (Å²) in [5.41, 5.74) is 0.948. The number of hydrogen-bond donors (Lipinski definition) is 1. The molecule has 0 saturated heterocycles. The highest BCUT2D eigenvalue weighted by molar-refractivity contribution is 7.89. The molecule has 0 atom stereocenters. The van der Waals surface area contributed by atoms with Crippen LogP contribution in [0.25, 0.3) is 0 Å². The standard InChI is InChI=1S/C19H22N2O5S/c1-3-26-19(23)16-9-11-17(12-10-16)21(15(2)22)14-13-20-27(24,25)18-7-5-4-6-8-18/h4-12,20H,3,13-14H2,1-2H3. The topological polar surface area (TPSA) is 92.8 Å². The van der Waals surface area contributed by atoms with Crippen LogP contribution in [-0.2, 0) is 19.6 Å². The van der Waals surface area contributed by atoms with Gasteiger partial charge in [-0.25, -0.2) is 17.9 Å². The van der Waals surface area contributed by atoms with Gasteiger partial charge in [-0.1, -0.05) is 18.2 Å². The van der Waals surface area contributed by atoms with Crippen LogP contribution in [0, 0.1) is 0 Å². The van der Waals surface area contributed by atoms with Crippen LogP contribution in [0.1, 0.15) is 24.2 Å². The molecule has 0 saturated carbocycles. The molecule has 0 bridgehead atoms. The van der Waals surface area contributed by atoms with Gasteiger partial charge in [0.2, 0.25) is 15.9 Å². The van der Waals surface area contributed by atoms with Gasteiger partial charge in [0.05, 0.1) is 17.1 Å². The molecule has 27 heavy (non-hydrogen) atoms. The summed E-state index contributed by atoms with van der Waals surface area (Å²) < 4.78 is 31.9. The number of carbonyl (C=O) groups excluding carboxylic acids is 2. The Morgan fingerprint density at radius 2 is 1.67 bits per heavy atom. The fraction of sp³-hybridized carbons (Fsp3) is 0.263. The first kappa shape index (κ1) is 20.6. The SMILES string of the molecule is CCOC(=O)c1ccc(N(CCNS(=O)(=O)c2ccccc2)C(C)=O)cc1. The van der Waals surface area contributed by atoms with Crippen LogP contribution in [0.15, 0.2) is 59.5 Å². The molecule has 0 aliphatic heterocycles. The van der Waals surface area contributed by atoms with Gasteiger partial charge in [-0.2, -0.15) is 0 Å². The molecular formula is C19H22N2O5S.